The van der Waals surface area contributed by atoms with E-state index in [0.29, 0.717) is 5.02 Å². The molecular weight excluding hydrogens is 288 g/mol. The zero-order valence-corrected chi connectivity index (χ0v) is 12.5. The summed E-state index contributed by atoms with van der Waals surface area (Å²) in [6, 6.07) is 3.75. The number of imidazole rings is 1. The molecule has 0 saturated carbocycles. The average molecular weight is 305 g/mol. The number of nitrogens with zero attached hydrogens (tertiary/aromatic N) is 4. The molecule has 2 aromatic rings. The van der Waals surface area contributed by atoms with E-state index in [9.17, 15) is 4.79 Å². The lowest BCUT2D eigenvalue weighted by Gasteiger charge is -2.33. The van der Waals surface area contributed by atoms with Crippen molar-refractivity contribution < 1.29 is 4.79 Å². The van der Waals surface area contributed by atoms with Crippen LogP contribution in [0.25, 0.3) is 5.65 Å². The summed E-state index contributed by atoms with van der Waals surface area (Å²) in [7, 11) is 0. The van der Waals surface area contributed by atoms with Crippen molar-refractivity contribution in [2.45, 2.75) is 6.54 Å². The van der Waals surface area contributed by atoms with Gasteiger partial charge in [0.15, 0.2) is 0 Å². The monoisotopic (exact) mass is 304 g/mol. The first-order valence-corrected chi connectivity index (χ1v) is 7.30. The number of amides is 1. The molecule has 0 radical (unpaired) electrons. The Labute approximate surface area is 128 Å². The molecule has 1 saturated heterocycles. The van der Waals surface area contributed by atoms with Crippen LogP contribution >= 0.6 is 11.6 Å². The molecule has 1 fully saturated rings. The van der Waals surface area contributed by atoms with Crippen molar-refractivity contribution in [2.24, 2.45) is 0 Å². The van der Waals surface area contributed by atoms with E-state index in [-0.39, 0.29) is 5.91 Å². The fourth-order valence-corrected chi connectivity index (χ4v) is 2.75. The third-order valence-electron chi connectivity index (χ3n) is 3.71. The summed E-state index contributed by atoms with van der Waals surface area (Å²) >= 11 is 5.97. The summed E-state index contributed by atoms with van der Waals surface area (Å²) in [4.78, 5) is 20.3. The van der Waals surface area contributed by atoms with Gasteiger partial charge in [-0.15, -0.1) is 0 Å². The molecule has 0 unspecified atom stereocenters. The van der Waals surface area contributed by atoms with Gasteiger partial charge in [0.1, 0.15) is 5.65 Å². The molecule has 0 spiro atoms. The van der Waals surface area contributed by atoms with Crippen LogP contribution in [0.1, 0.15) is 5.69 Å². The van der Waals surface area contributed by atoms with Gasteiger partial charge >= 0.3 is 0 Å². The number of carbonyl (C=O) groups is 1. The van der Waals surface area contributed by atoms with E-state index in [1.54, 1.807) is 0 Å². The molecule has 3 heterocycles. The van der Waals surface area contributed by atoms with Crippen LogP contribution in [0.3, 0.4) is 0 Å². The van der Waals surface area contributed by atoms with Crippen LogP contribution in [0.4, 0.5) is 0 Å². The Hall–Kier alpha value is -1.85. The predicted octanol–water partition coefficient (Wildman–Crippen LogP) is 1.82. The first kappa shape index (κ1) is 14.1. The minimum atomic E-state index is 0.0111. The molecule has 5 nitrogen and oxygen atoms in total. The Bertz CT molecular complexity index is 673. The average Bonchev–Trinajstić information content (AvgIpc) is 2.88. The SMILES string of the molecule is C=CC(=O)N1CCN(Cc2cn3cc(Cl)ccc3n2)CC1. The zero-order chi connectivity index (χ0) is 14.8. The van der Waals surface area contributed by atoms with Crippen LogP contribution in [0.2, 0.25) is 5.02 Å². The third kappa shape index (κ3) is 3.09. The van der Waals surface area contributed by atoms with Crippen molar-refractivity contribution in [2.75, 3.05) is 26.2 Å². The van der Waals surface area contributed by atoms with Crippen LogP contribution in [-0.2, 0) is 11.3 Å². The topological polar surface area (TPSA) is 40.9 Å². The van der Waals surface area contributed by atoms with Gasteiger partial charge in [0, 0.05) is 45.1 Å². The van der Waals surface area contributed by atoms with Crippen LogP contribution in [0.5, 0.6) is 0 Å². The van der Waals surface area contributed by atoms with E-state index >= 15 is 0 Å². The Balaban J connectivity index is 1.64. The van der Waals surface area contributed by atoms with E-state index in [0.717, 1.165) is 44.1 Å². The quantitative estimate of drug-likeness (QED) is 0.812. The summed E-state index contributed by atoms with van der Waals surface area (Å²) in [5.74, 6) is 0.0111. The van der Waals surface area contributed by atoms with E-state index < -0.39 is 0 Å². The summed E-state index contributed by atoms with van der Waals surface area (Å²) in [6.45, 7) is 7.50. The number of aromatic nitrogens is 2. The second-order valence-electron chi connectivity index (χ2n) is 5.15. The van der Waals surface area contributed by atoms with E-state index in [1.165, 1.54) is 6.08 Å². The molecule has 0 aromatic carbocycles. The molecule has 0 N–H and O–H groups in total. The van der Waals surface area contributed by atoms with Crippen molar-refractivity contribution >= 4 is 23.2 Å². The highest BCUT2D eigenvalue weighted by molar-refractivity contribution is 6.30. The molecule has 21 heavy (non-hydrogen) atoms. The second-order valence-corrected chi connectivity index (χ2v) is 5.59. The maximum Gasteiger partial charge on any atom is 0.246 e. The van der Waals surface area contributed by atoms with Crippen LogP contribution in [-0.4, -0.2) is 51.3 Å². The lowest BCUT2D eigenvalue weighted by Crippen LogP contribution is -2.47. The number of halogens is 1. The van der Waals surface area contributed by atoms with Gasteiger partial charge in [0.2, 0.25) is 5.91 Å². The number of hydrogen-bond donors (Lipinski definition) is 0. The third-order valence-corrected chi connectivity index (χ3v) is 3.93. The standard InChI is InChI=1S/C15H17ClN4O/c1-2-15(21)19-7-5-18(6-8-19)10-13-11-20-9-12(16)3-4-14(20)17-13/h2-4,9,11H,1,5-8,10H2. The molecule has 110 valence electrons. The van der Waals surface area contributed by atoms with Gasteiger partial charge in [-0.25, -0.2) is 4.98 Å². The summed E-state index contributed by atoms with van der Waals surface area (Å²) in [6.07, 6.45) is 5.23. The van der Waals surface area contributed by atoms with Crippen LogP contribution < -0.4 is 0 Å². The van der Waals surface area contributed by atoms with Crippen molar-refractivity contribution in [3.05, 3.63) is 47.9 Å². The fraction of sp³-hybridized carbons (Fsp3) is 0.333. The van der Waals surface area contributed by atoms with Gasteiger partial charge in [-0.1, -0.05) is 18.2 Å². The maximum absolute atomic E-state index is 11.5. The largest absolute Gasteiger partial charge is 0.337 e. The summed E-state index contributed by atoms with van der Waals surface area (Å²) < 4.78 is 1.94. The van der Waals surface area contributed by atoms with Crippen molar-refractivity contribution in [3.63, 3.8) is 0 Å². The minimum absolute atomic E-state index is 0.0111. The number of hydrogen-bond acceptors (Lipinski definition) is 3. The molecule has 1 aliphatic rings. The molecule has 0 aliphatic carbocycles. The highest BCUT2D eigenvalue weighted by atomic mass is 35.5. The Morgan fingerprint density at radius 2 is 2.05 bits per heavy atom. The van der Waals surface area contributed by atoms with Gasteiger partial charge in [-0.3, -0.25) is 9.69 Å². The maximum atomic E-state index is 11.5. The Morgan fingerprint density at radius 3 is 2.76 bits per heavy atom. The fourth-order valence-electron chi connectivity index (χ4n) is 2.58. The van der Waals surface area contributed by atoms with Gasteiger partial charge in [-0.2, -0.15) is 0 Å². The molecule has 2 aromatic heterocycles. The van der Waals surface area contributed by atoms with Gasteiger partial charge in [-0.05, 0) is 18.2 Å². The van der Waals surface area contributed by atoms with Gasteiger partial charge in [0.05, 0.1) is 10.7 Å². The molecule has 0 bridgehead atoms. The smallest absolute Gasteiger partial charge is 0.246 e. The minimum Gasteiger partial charge on any atom is -0.337 e. The molecule has 1 aliphatic heterocycles. The van der Waals surface area contributed by atoms with Crippen LogP contribution in [0, 0.1) is 0 Å². The van der Waals surface area contributed by atoms with E-state index in [1.807, 2.05) is 33.8 Å². The van der Waals surface area contributed by atoms with E-state index in [2.05, 4.69) is 16.5 Å². The Kier molecular flexibility index (Phi) is 3.94. The lowest BCUT2D eigenvalue weighted by molar-refractivity contribution is -0.127. The number of rotatable bonds is 3. The first-order valence-electron chi connectivity index (χ1n) is 6.92. The zero-order valence-electron chi connectivity index (χ0n) is 11.7. The van der Waals surface area contributed by atoms with E-state index in [4.69, 9.17) is 11.6 Å². The molecule has 1 amide bonds. The molecular formula is C15H17ClN4O. The Morgan fingerprint density at radius 1 is 1.29 bits per heavy atom. The van der Waals surface area contributed by atoms with Crippen molar-refractivity contribution in [1.82, 2.24) is 19.2 Å². The molecule has 6 heteroatoms. The molecule has 3 rings (SSSR count). The normalized spacial score (nSPS) is 16.3. The van der Waals surface area contributed by atoms with Crippen molar-refractivity contribution in [3.8, 4) is 0 Å². The lowest BCUT2D eigenvalue weighted by atomic mass is 10.3. The number of carbonyl (C=O) groups excluding carboxylic acids is 1. The van der Waals surface area contributed by atoms with Gasteiger partial charge < -0.3 is 9.30 Å². The predicted molar refractivity (Wildman–Crippen MR) is 82.3 cm³/mol. The number of fused-ring (bicyclic) bond motifs is 1. The van der Waals surface area contributed by atoms with Crippen molar-refractivity contribution in [1.29, 1.82) is 0 Å². The number of piperazine rings is 1. The van der Waals surface area contributed by atoms with Gasteiger partial charge in [0.25, 0.3) is 0 Å². The van der Waals surface area contributed by atoms with Crippen LogP contribution in [0.15, 0.2) is 37.2 Å². The number of pyridine rings is 1. The highest BCUT2D eigenvalue weighted by Crippen LogP contribution is 2.13. The molecule has 0 atom stereocenters. The summed E-state index contributed by atoms with van der Waals surface area (Å²) in [5.41, 5.74) is 1.91. The summed E-state index contributed by atoms with van der Waals surface area (Å²) in [5, 5.41) is 0.697. The highest BCUT2D eigenvalue weighted by Gasteiger charge is 2.19. The first-order chi connectivity index (χ1) is 10.2. The second kappa shape index (κ2) is 5.87.